The van der Waals surface area contributed by atoms with Crippen LogP contribution in [0, 0.1) is 0 Å². The standard InChI is InChI=1S/C10H12BrNOS/c1-10(12,9(13)14-2)7-4-3-5-8(11)6-7/h3-6H,12H2,1-2H3. The van der Waals surface area contributed by atoms with Gasteiger partial charge in [0.05, 0.1) is 0 Å². The van der Waals surface area contributed by atoms with Gasteiger partial charge in [0, 0.05) is 4.47 Å². The Morgan fingerprint density at radius 1 is 1.57 bits per heavy atom. The van der Waals surface area contributed by atoms with Crippen LogP contribution in [-0.4, -0.2) is 11.4 Å². The van der Waals surface area contributed by atoms with Gasteiger partial charge >= 0.3 is 0 Å². The molecule has 2 N–H and O–H groups in total. The minimum absolute atomic E-state index is 0.0319. The van der Waals surface area contributed by atoms with Crippen LogP contribution in [0.15, 0.2) is 28.7 Å². The van der Waals surface area contributed by atoms with E-state index in [0.29, 0.717) is 0 Å². The maximum atomic E-state index is 11.6. The number of benzene rings is 1. The molecular weight excluding hydrogens is 262 g/mol. The van der Waals surface area contributed by atoms with Gasteiger partial charge in [-0.1, -0.05) is 39.8 Å². The van der Waals surface area contributed by atoms with E-state index >= 15 is 0 Å². The minimum atomic E-state index is -0.913. The Morgan fingerprint density at radius 3 is 2.71 bits per heavy atom. The summed E-state index contributed by atoms with van der Waals surface area (Å²) in [5.41, 5.74) is 5.88. The molecule has 0 radical (unpaired) electrons. The summed E-state index contributed by atoms with van der Waals surface area (Å²) in [6.45, 7) is 1.73. The van der Waals surface area contributed by atoms with Crippen molar-refractivity contribution in [1.29, 1.82) is 0 Å². The lowest BCUT2D eigenvalue weighted by molar-refractivity contribution is -0.115. The molecule has 0 aliphatic heterocycles. The smallest absolute Gasteiger partial charge is 0.212 e. The first-order chi connectivity index (χ1) is 6.48. The summed E-state index contributed by atoms with van der Waals surface area (Å²) in [6, 6.07) is 7.51. The fourth-order valence-corrected chi connectivity index (χ4v) is 2.08. The molecule has 1 rings (SSSR count). The molecule has 1 aromatic rings. The van der Waals surface area contributed by atoms with E-state index in [1.54, 1.807) is 13.2 Å². The van der Waals surface area contributed by atoms with Gasteiger partial charge in [0.2, 0.25) is 5.12 Å². The molecule has 1 unspecified atom stereocenters. The zero-order valence-corrected chi connectivity index (χ0v) is 10.5. The fourth-order valence-electron chi connectivity index (χ4n) is 1.14. The predicted molar refractivity (Wildman–Crippen MR) is 64.2 cm³/mol. The van der Waals surface area contributed by atoms with Crippen LogP contribution in [-0.2, 0) is 10.3 Å². The second kappa shape index (κ2) is 4.47. The van der Waals surface area contributed by atoms with Gasteiger partial charge in [-0.2, -0.15) is 0 Å². The van der Waals surface area contributed by atoms with E-state index < -0.39 is 5.54 Å². The topological polar surface area (TPSA) is 43.1 Å². The molecule has 76 valence electrons. The highest BCUT2D eigenvalue weighted by molar-refractivity contribution is 9.10. The largest absolute Gasteiger partial charge is 0.315 e. The molecule has 2 nitrogen and oxygen atoms in total. The maximum absolute atomic E-state index is 11.6. The second-order valence-electron chi connectivity index (χ2n) is 3.20. The molecule has 0 saturated carbocycles. The maximum Gasteiger partial charge on any atom is 0.212 e. The van der Waals surface area contributed by atoms with E-state index in [4.69, 9.17) is 5.73 Å². The zero-order valence-electron chi connectivity index (χ0n) is 8.08. The molecule has 0 heterocycles. The van der Waals surface area contributed by atoms with Gasteiger partial charge in [0.1, 0.15) is 5.54 Å². The van der Waals surface area contributed by atoms with Crippen molar-refractivity contribution in [3.8, 4) is 0 Å². The van der Waals surface area contributed by atoms with Gasteiger partial charge < -0.3 is 5.73 Å². The average molecular weight is 274 g/mol. The first kappa shape index (κ1) is 11.8. The third-order valence-corrected chi connectivity index (χ3v) is 3.32. The Kier molecular flexibility index (Phi) is 3.75. The number of halogens is 1. The fraction of sp³-hybridized carbons (Fsp3) is 0.300. The number of thioether (sulfide) groups is 1. The summed E-state index contributed by atoms with van der Waals surface area (Å²) in [4.78, 5) is 11.6. The summed E-state index contributed by atoms with van der Waals surface area (Å²) < 4.78 is 0.931. The molecule has 0 saturated heterocycles. The SMILES string of the molecule is CSC(=O)C(C)(N)c1cccc(Br)c1. The van der Waals surface area contributed by atoms with Crippen LogP contribution < -0.4 is 5.73 Å². The molecule has 1 atom stereocenters. The van der Waals surface area contributed by atoms with E-state index in [9.17, 15) is 4.79 Å². The highest BCUT2D eigenvalue weighted by atomic mass is 79.9. The Hall–Kier alpha value is -0.320. The monoisotopic (exact) mass is 273 g/mol. The Balaban J connectivity index is 3.09. The van der Waals surface area contributed by atoms with Crippen molar-refractivity contribution in [2.75, 3.05) is 6.26 Å². The van der Waals surface area contributed by atoms with Crippen LogP contribution in [0.4, 0.5) is 0 Å². The van der Waals surface area contributed by atoms with E-state index in [-0.39, 0.29) is 5.12 Å². The molecule has 0 fully saturated rings. The molecule has 14 heavy (non-hydrogen) atoms. The highest BCUT2D eigenvalue weighted by Gasteiger charge is 2.29. The van der Waals surface area contributed by atoms with Crippen LogP contribution >= 0.6 is 27.7 Å². The molecule has 0 bridgehead atoms. The summed E-state index contributed by atoms with van der Waals surface area (Å²) in [5.74, 6) is 0. The van der Waals surface area contributed by atoms with Gasteiger partial charge in [0.15, 0.2) is 0 Å². The molecule has 0 aliphatic rings. The molecule has 0 aromatic heterocycles. The zero-order chi connectivity index (χ0) is 10.8. The number of hydrogen-bond donors (Lipinski definition) is 1. The number of hydrogen-bond acceptors (Lipinski definition) is 3. The van der Waals surface area contributed by atoms with Crippen molar-refractivity contribution >= 4 is 32.8 Å². The highest BCUT2D eigenvalue weighted by Crippen LogP contribution is 2.25. The molecule has 4 heteroatoms. The summed E-state index contributed by atoms with van der Waals surface area (Å²) in [6.07, 6.45) is 1.74. The Labute approximate surface area is 96.4 Å². The third-order valence-electron chi connectivity index (χ3n) is 2.03. The van der Waals surface area contributed by atoms with Crippen LogP contribution in [0.3, 0.4) is 0 Å². The van der Waals surface area contributed by atoms with Crippen LogP contribution in [0.25, 0.3) is 0 Å². The third kappa shape index (κ3) is 2.38. The van der Waals surface area contributed by atoms with Crippen molar-refractivity contribution in [3.05, 3.63) is 34.3 Å². The predicted octanol–water partition coefficient (Wildman–Crippen LogP) is 2.51. The van der Waals surface area contributed by atoms with Crippen molar-refractivity contribution in [1.82, 2.24) is 0 Å². The second-order valence-corrected chi connectivity index (χ2v) is 4.90. The minimum Gasteiger partial charge on any atom is -0.315 e. The lowest BCUT2D eigenvalue weighted by Gasteiger charge is -2.22. The Morgan fingerprint density at radius 2 is 2.21 bits per heavy atom. The van der Waals surface area contributed by atoms with Crippen molar-refractivity contribution in [2.45, 2.75) is 12.5 Å². The van der Waals surface area contributed by atoms with E-state index in [2.05, 4.69) is 15.9 Å². The Bertz CT molecular complexity index is 352. The summed E-state index contributed by atoms with van der Waals surface area (Å²) in [7, 11) is 0. The van der Waals surface area contributed by atoms with Crippen LogP contribution in [0.2, 0.25) is 0 Å². The number of rotatable bonds is 2. The summed E-state index contributed by atoms with van der Waals surface area (Å²) in [5, 5.41) is -0.0319. The van der Waals surface area contributed by atoms with Crippen molar-refractivity contribution in [3.63, 3.8) is 0 Å². The first-order valence-electron chi connectivity index (χ1n) is 4.12. The van der Waals surface area contributed by atoms with Gasteiger partial charge in [0.25, 0.3) is 0 Å². The van der Waals surface area contributed by atoms with Gasteiger partial charge in [-0.25, -0.2) is 0 Å². The number of carbonyl (C=O) groups is 1. The quantitative estimate of drug-likeness (QED) is 0.901. The van der Waals surface area contributed by atoms with Gasteiger partial charge in [-0.05, 0) is 30.9 Å². The lowest BCUT2D eigenvalue weighted by atomic mass is 9.95. The van der Waals surface area contributed by atoms with Gasteiger partial charge in [-0.3, -0.25) is 4.79 Å². The molecule has 1 aromatic carbocycles. The molecular formula is C10H12BrNOS. The van der Waals surface area contributed by atoms with Crippen molar-refractivity contribution in [2.24, 2.45) is 5.73 Å². The lowest BCUT2D eigenvalue weighted by Crippen LogP contribution is -2.40. The van der Waals surface area contributed by atoms with Crippen LogP contribution in [0.1, 0.15) is 12.5 Å². The molecule has 0 amide bonds. The normalized spacial score (nSPS) is 14.9. The first-order valence-corrected chi connectivity index (χ1v) is 6.13. The van der Waals surface area contributed by atoms with E-state index in [1.165, 1.54) is 0 Å². The van der Waals surface area contributed by atoms with Crippen LogP contribution in [0.5, 0.6) is 0 Å². The molecule has 0 aliphatic carbocycles. The van der Waals surface area contributed by atoms with Gasteiger partial charge in [-0.15, -0.1) is 0 Å². The average Bonchev–Trinajstić information content (AvgIpc) is 2.16. The van der Waals surface area contributed by atoms with E-state index in [0.717, 1.165) is 21.8 Å². The summed E-state index contributed by atoms with van der Waals surface area (Å²) >= 11 is 4.51. The van der Waals surface area contributed by atoms with Crippen molar-refractivity contribution < 1.29 is 4.79 Å². The van der Waals surface area contributed by atoms with E-state index in [1.807, 2.05) is 24.3 Å². The number of carbonyl (C=O) groups excluding carboxylic acids is 1. The molecule has 0 spiro atoms. The number of nitrogens with two attached hydrogens (primary N) is 1.